The number of hydrogen-bond donors (Lipinski definition) is 1. The molecule has 7 heteroatoms. The number of pyridine rings is 1. The second-order valence-electron chi connectivity index (χ2n) is 6.86. The van der Waals surface area contributed by atoms with Gasteiger partial charge in [-0.1, -0.05) is 41.7 Å². The standard InChI is InChI=1S/C21H19N5OS/c27-20(23-11-15-5-6-19-22-8-10-25(19)13-15)18-12-24-21(28-18)26-9-7-16-3-1-2-4-17(16)14-26/h1-6,8,10,12-13H,7,9,11,14H2,(H,23,27). The number of anilines is 1. The maximum atomic E-state index is 12.5. The highest BCUT2D eigenvalue weighted by molar-refractivity contribution is 7.17. The second-order valence-corrected chi connectivity index (χ2v) is 7.87. The first-order chi connectivity index (χ1) is 13.8. The molecule has 1 aromatic carbocycles. The highest BCUT2D eigenvalue weighted by Gasteiger charge is 2.20. The number of carbonyl (C=O) groups excluding carboxylic acids is 1. The molecule has 0 aliphatic carbocycles. The lowest BCUT2D eigenvalue weighted by Crippen LogP contribution is -2.30. The Balaban J connectivity index is 1.25. The van der Waals surface area contributed by atoms with Gasteiger partial charge in [-0.25, -0.2) is 9.97 Å². The van der Waals surface area contributed by atoms with Crippen LogP contribution in [0.3, 0.4) is 0 Å². The van der Waals surface area contributed by atoms with Crippen LogP contribution in [0.1, 0.15) is 26.4 Å². The maximum absolute atomic E-state index is 12.5. The third-order valence-corrected chi connectivity index (χ3v) is 6.08. The predicted molar refractivity (Wildman–Crippen MR) is 110 cm³/mol. The molecule has 0 atom stereocenters. The number of carbonyl (C=O) groups is 1. The molecule has 5 rings (SSSR count). The Morgan fingerprint density at radius 1 is 1.14 bits per heavy atom. The predicted octanol–water partition coefficient (Wildman–Crippen LogP) is 3.28. The Morgan fingerprint density at radius 2 is 2.04 bits per heavy atom. The van der Waals surface area contributed by atoms with Crippen LogP contribution >= 0.6 is 11.3 Å². The fraction of sp³-hybridized carbons (Fsp3) is 0.190. The Morgan fingerprint density at radius 3 is 2.96 bits per heavy atom. The zero-order chi connectivity index (χ0) is 18.9. The van der Waals surface area contributed by atoms with Crippen LogP contribution in [-0.2, 0) is 19.5 Å². The normalized spacial score (nSPS) is 13.5. The zero-order valence-electron chi connectivity index (χ0n) is 15.2. The van der Waals surface area contributed by atoms with Crippen LogP contribution in [0.4, 0.5) is 5.13 Å². The molecule has 0 fully saturated rings. The fourth-order valence-corrected chi connectivity index (χ4v) is 4.37. The number of fused-ring (bicyclic) bond motifs is 2. The summed E-state index contributed by atoms with van der Waals surface area (Å²) in [6, 6.07) is 12.4. The van der Waals surface area contributed by atoms with Crippen molar-refractivity contribution in [3.8, 4) is 0 Å². The van der Waals surface area contributed by atoms with Gasteiger partial charge in [0.15, 0.2) is 5.13 Å². The van der Waals surface area contributed by atoms with E-state index in [1.165, 1.54) is 22.5 Å². The molecule has 0 spiro atoms. The molecule has 0 saturated heterocycles. The van der Waals surface area contributed by atoms with Crippen LogP contribution in [0.2, 0.25) is 0 Å². The zero-order valence-corrected chi connectivity index (χ0v) is 16.0. The lowest BCUT2D eigenvalue weighted by molar-refractivity contribution is 0.0954. The summed E-state index contributed by atoms with van der Waals surface area (Å²) in [6.07, 6.45) is 8.32. The number of benzene rings is 1. The van der Waals surface area contributed by atoms with E-state index < -0.39 is 0 Å². The van der Waals surface area contributed by atoms with Crippen molar-refractivity contribution in [3.63, 3.8) is 0 Å². The van der Waals surface area contributed by atoms with E-state index in [9.17, 15) is 4.79 Å². The molecule has 28 heavy (non-hydrogen) atoms. The lowest BCUT2D eigenvalue weighted by Gasteiger charge is -2.28. The summed E-state index contributed by atoms with van der Waals surface area (Å²) in [5.41, 5.74) is 4.66. The summed E-state index contributed by atoms with van der Waals surface area (Å²) in [5, 5.41) is 3.89. The van der Waals surface area contributed by atoms with Gasteiger partial charge in [0.2, 0.25) is 0 Å². The molecule has 140 valence electrons. The van der Waals surface area contributed by atoms with Crippen LogP contribution < -0.4 is 10.2 Å². The lowest BCUT2D eigenvalue weighted by atomic mass is 10.0. The van der Waals surface area contributed by atoms with E-state index in [2.05, 4.69) is 44.5 Å². The minimum absolute atomic E-state index is 0.0908. The Bertz CT molecular complexity index is 1150. The van der Waals surface area contributed by atoms with E-state index in [1.54, 1.807) is 12.4 Å². The summed E-state index contributed by atoms with van der Waals surface area (Å²) in [7, 11) is 0. The maximum Gasteiger partial charge on any atom is 0.263 e. The molecule has 6 nitrogen and oxygen atoms in total. The summed E-state index contributed by atoms with van der Waals surface area (Å²) in [6.45, 7) is 2.24. The molecule has 1 N–H and O–H groups in total. The molecule has 0 bridgehead atoms. The third-order valence-electron chi connectivity index (χ3n) is 5.02. The first-order valence-corrected chi connectivity index (χ1v) is 10.1. The SMILES string of the molecule is O=C(NCc1ccc2nccn2c1)c1cnc(N2CCc3ccccc3C2)s1. The van der Waals surface area contributed by atoms with E-state index in [4.69, 9.17) is 0 Å². The number of nitrogens with zero attached hydrogens (tertiary/aromatic N) is 4. The monoisotopic (exact) mass is 389 g/mol. The van der Waals surface area contributed by atoms with Gasteiger partial charge in [-0.05, 0) is 29.2 Å². The fourth-order valence-electron chi connectivity index (χ4n) is 3.52. The van der Waals surface area contributed by atoms with Gasteiger partial charge < -0.3 is 14.6 Å². The summed E-state index contributed by atoms with van der Waals surface area (Å²) < 4.78 is 1.94. The van der Waals surface area contributed by atoms with Gasteiger partial charge in [-0.2, -0.15) is 0 Å². The molecular formula is C21H19N5OS. The number of nitrogens with one attached hydrogen (secondary N) is 1. The van der Waals surface area contributed by atoms with Crippen LogP contribution in [0.15, 0.2) is 61.2 Å². The first kappa shape index (κ1) is 16.9. The van der Waals surface area contributed by atoms with Crippen molar-refractivity contribution in [2.24, 2.45) is 0 Å². The van der Waals surface area contributed by atoms with Gasteiger partial charge in [0.1, 0.15) is 10.5 Å². The highest BCUT2D eigenvalue weighted by Crippen LogP contribution is 2.28. The van der Waals surface area contributed by atoms with Crippen molar-refractivity contribution in [1.29, 1.82) is 0 Å². The Labute approximate surface area is 166 Å². The molecule has 4 aromatic rings. The van der Waals surface area contributed by atoms with Crippen molar-refractivity contribution in [3.05, 3.63) is 82.8 Å². The molecule has 0 saturated carbocycles. The molecule has 0 radical (unpaired) electrons. The summed E-state index contributed by atoms with van der Waals surface area (Å²) in [5.74, 6) is -0.0908. The van der Waals surface area contributed by atoms with Crippen molar-refractivity contribution in [1.82, 2.24) is 19.7 Å². The largest absolute Gasteiger partial charge is 0.347 e. The number of imidazole rings is 1. The molecule has 3 aromatic heterocycles. The van der Waals surface area contributed by atoms with Crippen LogP contribution in [-0.4, -0.2) is 26.8 Å². The second kappa shape index (κ2) is 7.09. The van der Waals surface area contributed by atoms with Crippen molar-refractivity contribution >= 4 is 28.0 Å². The van der Waals surface area contributed by atoms with Crippen LogP contribution in [0, 0.1) is 0 Å². The van der Waals surface area contributed by atoms with E-state index in [1.807, 2.05) is 28.9 Å². The van der Waals surface area contributed by atoms with Gasteiger partial charge in [0.25, 0.3) is 5.91 Å². The smallest absolute Gasteiger partial charge is 0.263 e. The van der Waals surface area contributed by atoms with Gasteiger partial charge >= 0.3 is 0 Å². The minimum Gasteiger partial charge on any atom is -0.347 e. The van der Waals surface area contributed by atoms with Crippen molar-refractivity contribution in [2.45, 2.75) is 19.5 Å². The van der Waals surface area contributed by atoms with Gasteiger partial charge in [-0.15, -0.1) is 0 Å². The quantitative estimate of drug-likeness (QED) is 0.582. The number of hydrogen-bond acceptors (Lipinski definition) is 5. The van der Waals surface area contributed by atoms with Crippen LogP contribution in [0.5, 0.6) is 0 Å². The average Bonchev–Trinajstić information content (AvgIpc) is 3.41. The first-order valence-electron chi connectivity index (χ1n) is 9.23. The Kier molecular flexibility index (Phi) is 4.29. The topological polar surface area (TPSA) is 62.5 Å². The van der Waals surface area contributed by atoms with E-state index in [-0.39, 0.29) is 5.91 Å². The molecular weight excluding hydrogens is 370 g/mol. The summed E-state index contributed by atoms with van der Waals surface area (Å²) >= 11 is 1.45. The van der Waals surface area contributed by atoms with Gasteiger partial charge in [-0.3, -0.25) is 4.79 Å². The van der Waals surface area contributed by atoms with E-state index >= 15 is 0 Å². The van der Waals surface area contributed by atoms with Crippen molar-refractivity contribution in [2.75, 3.05) is 11.4 Å². The molecule has 1 aliphatic rings. The molecule has 4 heterocycles. The van der Waals surface area contributed by atoms with Crippen molar-refractivity contribution < 1.29 is 4.79 Å². The third kappa shape index (κ3) is 3.25. The number of aromatic nitrogens is 3. The van der Waals surface area contributed by atoms with E-state index in [0.717, 1.165) is 35.9 Å². The minimum atomic E-state index is -0.0908. The van der Waals surface area contributed by atoms with Gasteiger partial charge in [0.05, 0.1) is 6.20 Å². The average molecular weight is 389 g/mol. The molecule has 0 unspecified atom stereocenters. The van der Waals surface area contributed by atoms with E-state index in [0.29, 0.717) is 11.4 Å². The highest BCUT2D eigenvalue weighted by atomic mass is 32.1. The van der Waals surface area contributed by atoms with Crippen LogP contribution in [0.25, 0.3) is 5.65 Å². The Hall–Kier alpha value is -3.19. The summed E-state index contributed by atoms with van der Waals surface area (Å²) in [4.78, 5) is 24.2. The van der Waals surface area contributed by atoms with Gasteiger partial charge in [0, 0.05) is 38.2 Å². The number of amides is 1. The molecule has 1 amide bonds. The molecule has 1 aliphatic heterocycles. The number of rotatable bonds is 4. The number of thiazole rings is 1.